The molecular formula is C19H22N2O3S. The van der Waals surface area contributed by atoms with Crippen LogP contribution >= 0.6 is 11.3 Å². The number of benzene rings is 1. The Morgan fingerprint density at radius 1 is 1.12 bits per heavy atom. The summed E-state index contributed by atoms with van der Waals surface area (Å²) in [5.74, 6) is 1.04. The number of amides is 2. The fourth-order valence-corrected chi connectivity index (χ4v) is 3.57. The Labute approximate surface area is 151 Å². The maximum Gasteiger partial charge on any atom is 0.415 e. The Balaban J connectivity index is 1.37. The van der Waals surface area contributed by atoms with E-state index >= 15 is 0 Å². The van der Waals surface area contributed by atoms with E-state index < -0.39 is 0 Å². The van der Waals surface area contributed by atoms with E-state index in [0.29, 0.717) is 37.7 Å². The molecule has 0 unspecified atom stereocenters. The van der Waals surface area contributed by atoms with Crippen LogP contribution < -0.4 is 10.1 Å². The molecule has 1 aliphatic rings. The summed E-state index contributed by atoms with van der Waals surface area (Å²) in [6, 6.07) is 13.0. The first-order valence-corrected chi connectivity index (χ1v) is 9.39. The quantitative estimate of drug-likeness (QED) is 0.892. The van der Waals surface area contributed by atoms with Crippen LogP contribution in [0.15, 0.2) is 47.8 Å². The van der Waals surface area contributed by atoms with Crippen molar-refractivity contribution in [2.75, 3.05) is 19.6 Å². The standard InChI is InChI=1S/C19H22N2O3S/c22-18(13-17-7-4-12-25-17)20-14-15-8-10-21(11-9-15)19(23)24-16-5-2-1-3-6-16/h1-7,12,15H,8-11,13-14H2,(H,20,22). The predicted octanol–water partition coefficient (Wildman–Crippen LogP) is 3.32. The van der Waals surface area contributed by atoms with Crippen LogP contribution in [0, 0.1) is 5.92 Å². The molecule has 132 valence electrons. The fraction of sp³-hybridized carbons (Fsp3) is 0.368. The first-order valence-electron chi connectivity index (χ1n) is 8.51. The summed E-state index contributed by atoms with van der Waals surface area (Å²) in [6.07, 6.45) is 1.90. The highest BCUT2D eigenvalue weighted by atomic mass is 32.1. The minimum Gasteiger partial charge on any atom is -0.410 e. The number of hydrogen-bond acceptors (Lipinski definition) is 4. The molecule has 0 radical (unpaired) electrons. The molecule has 1 fully saturated rings. The molecular weight excluding hydrogens is 336 g/mol. The Bertz CT molecular complexity index is 680. The zero-order valence-electron chi connectivity index (χ0n) is 14.0. The van der Waals surface area contributed by atoms with Crippen molar-refractivity contribution in [1.82, 2.24) is 10.2 Å². The summed E-state index contributed by atoms with van der Waals surface area (Å²) in [6.45, 7) is 2.00. The van der Waals surface area contributed by atoms with Gasteiger partial charge in [0.2, 0.25) is 5.91 Å². The van der Waals surface area contributed by atoms with Gasteiger partial charge in [0, 0.05) is 24.5 Å². The van der Waals surface area contributed by atoms with Crippen LogP contribution in [0.3, 0.4) is 0 Å². The molecule has 0 aliphatic carbocycles. The van der Waals surface area contributed by atoms with Gasteiger partial charge in [-0.2, -0.15) is 0 Å². The van der Waals surface area contributed by atoms with Crippen molar-refractivity contribution in [2.24, 2.45) is 5.92 Å². The summed E-state index contributed by atoms with van der Waals surface area (Å²) < 4.78 is 5.36. The van der Waals surface area contributed by atoms with E-state index in [1.807, 2.05) is 35.7 Å². The van der Waals surface area contributed by atoms with Crippen molar-refractivity contribution in [3.05, 3.63) is 52.7 Å². The van der Waals surface area contributed by atoms with Crippen molar-refractivity contribution < 1.29 is 14.3 Å². The molecule has 3 rings (SSSR count). The third-order valence-corrected chi connectivity index (χ3v) is 5.20. The van der Waals surface area contributed by atoms with Crippen LogP contribution in [-0.4, -0.2) is 36.5 Å². The van der Waals surface area contributed by atoms with Crippen molar-refractivity contribution in [2.45, 2.75) is 19.3 Å². The maximum atomic E-state index is 12.2. The number of likely N-dealkylation sites (tertiary alicyclic amines) is 1. The van der Waals surface area contributed by atoms with Crippen LogP contribution in [0.2, 0.25) is 0 Å². The van der Waals surface area contributed by atoms with Crippen LogP contribution in [-0.2, 0) is 11.2 Å². The molecule has 2 heterocycles. The number of rotatable bonds is 5. The van der Waals surface area contributed by atoms with Gasteiger partial charge in [-0.25, -0.2) is 4.79 Å². The molecule has 2 aromatic rings. The molecule has 6 heteroatoms. The van der Waals surface area contributed by atoms with Crippen LogP contribution in [0.1, 0.15) is 17.7 Å². The van der Waals surface area contributed by atoms with E-state index in [1.54, 1.807) is 28.4 Å². The highest BCUT2D eigenvalue weighted by Gasteiger charge is 2.24. The third-order valence-electron chi connectivity index (χ3n) is 4.32. The Hall–Kier alpha value is -2.34. The van der Waals surface area contributed by atoms with E-state index in [9.17, 15) is 9.59 Å². The lowest BCUT2D eigenvalue weighted by molar-refractivity contribution is -0.120. The molecule has 1 saturated heterocycles. The number of thiophene rings is 1. The van der Waals surface area contributed by atoms with Crippen molar-refractivity contribution >= 4 is 23.3 Å². The molecule has 5 nitrogen and oxygen atoms in total. The number of ether oxygens (including phenoxy) is 1. The van der Waals surface area contributed by atoms with Crippen molar-refractivity contribution in [1.29, 1.82) is 0 Å². The number of nitrogens with zero attached hydrogens (tertiary/aromatic N) is 1. The number of hydrogen-bond donors (Lipinski definition) is 1. The molecule has 1 aromatic heterocycles. The summed E-state index contributed by atoms with van der Waals surface area (Å²) in [7, 11) is 0. The number of nitrogens with one attached hydrogen (secondary N) is 1. The molecule has 0 bridgehead atoms. The molecule has 1 N–H and O–H groups in total. The smallest absolute Gasteiger partial charge is 0.410 e. The number of piperidine rings is 1. The van der Waals surface area contributed by atoms with Gasteiger partial charge in [0.15, 0.2) is 0 Å². The molecule has 1 aromatic carbocycles. The average molecular weight is 358 g/mol. The zero-order valence-corrected chi connectivity index (χ0v) is 14.8. The lowest BCUT2D eigenvalue weighted by Crippen LogP contribution is -2.42. The lowest BCUT2D eigenvalue weighted by atomic mass is 9.97. The second-order valence-corrected chi connectivity index (χ2v) is 7.20. The second-order valence-electron chi connectivity index (χ2n) is 6.17. The third kappa shape index (κ3) is 5.32. The summed E-state index contributed by atoms with van der Waals surface area (Å²) in [5, 5.41) is 4.99. The summed E-state index contributed by atoms with van der Waals surface area (Å²) in [4.78, 5) is 26.9. The molecule has 2 amide bonds. The zero-order chi connectivity index (χ0) is 17.5. The molecule has 0 saturated carbocycles. The van der Waals surface area contributed by atoms with Gasteiger partial charge < -0.3 is 15.0 Å². The number of para-hydroxylation sites is 1. The van der Waals surface area contributed by atoms with Crippen LogP contribution in [0.25, 0.3) is 0 Å². The highest BCUT2D eigenvalue weighted by Crippen LogP contribution is 2.18. The van der Waals surface area contributed by atoms with Gasteiger partial charge in [-0.1, -0.05) is 24.3 Å². The van der Waals surface area contributed by atoms with Gasteiger partial charge >= 0.3 is 6.09 Å². The van der Waals surface area contributed by atoms with Crippen molar-refractivity contribution in [3.8, 4) is 5.75 Å². The minimum absolute atomic E-state index is 0.0633. The first-order chi connectivity index (χ1) is 12.2. The average Bonchev–Trinajstić information content (AvgIpc) is 3.14. The minimum atomic E-state index is -0.300. The Morgan fingerprint density at radius 2 is 1.88 bits per heavy atom. The van der Waals surface area contributed by atoms with Crippen LogP contribution in [0.4, 0.5) is 4.79 Å². The molecule has 25 heavy (non-hydrogen) atoms. The Morgan fingerprint density at radius 3 is 2.56 bits per heavy atom. The lowest BCUT2D eigenvalue weighted by Gasteiger charge is -2.31. The van der Waals surface area contributed by atoms with Gasteiger partial charge in [-0.3, -0.25) is 4.79 Å². The monoisotopic (exact) mass is 358 g/mol. The van der Waals surface area contributed by atoms with Gasteiger partial charge in [0.25, 0.3) is 0 Å². The second kappa shape index (κ2) is 8.67. The number of carbonyl (C=O) groups excluding carboxylic acids is 2. The van der Waals surface area contributed by atoms with Crippen molar-refractivity contribution in [3.63, 3.8) is 0 Å². The Kier molecular flexibility index (Phi) is 6.06. The topological polar surface area (TPSA) is 58.6 Å². The highest BCUT2D eigenvalue weighted by molar-refractivity contribution is 7.10. The van der Waals surface area contributed by atoms with Gasteiger partial charge in [-0.05, 0) is 42.3 Å². The normalized spacial score (nSPS) is 15.0. The van der Waals surface area contributed by atoms with E-state index in [1.165, 1.54) is 0 Å². The van der Waals surface area contributed by atoms with Gasteiger partial charge in [0.05, 0.1) is 6.42 Å². The maximum absolute atomic E-state index is 12.2. The van der Waals surface area contributed by atoms with E-state index in [4.69, 9.17) is 4.74 Å². The SMILES string of the molecule is O=C(Cc1cccs1)NCC1CCN(C(=O)Oc2ccccc2)CC1. The predicted molar refractivity (Wildman–Crippen MR) is 97.8 cm³/mol. The van der Waals surface area contributed by atoms with E-state index in [-0.39, 0.29) is 12.0 Å². The summed E-state index contributed by atoms with van der Waals surface area (Å²) in [5.41, 5.74) is 0. The number of carbonyl (C=O) groups is 2. The van der Waals surface area contributed by atoms with Crippen LogP contribution in [0.5, 0.6) is 5.75 Å². The summed E-state index contributed by atoms with van der Waals surface area (Å²) >= 11 is 1.60. The van der Waals surface area contributed by atoms with E-state index in [2.05, 4.69) is 5.32 Å². The van der Waals surface area contributed by atoms with Gasteiger partial charge in [-0.15, -0.1) is 11.3 Å². The molecule has 0 atom stereocenters. The molecule has 0 spiro atoms. The fourth-order valence-electron chi connectivity index (χ4n) is 2.87. The largest absolute Gasteiger partial charge is 0.415 e. The molecule has 1 aliphatic heterocycles. The van der Waals surface area contributed by atoms with Gasteiger partial charge in [0.1, 0.15) is 5.75 Å². The first kappa shape index (κ1) is 17.5. The van der Waals surface area contributed by atoms with E-state index in [0.717, 1.165) is 17.7 Å².